The average molecular weight is 338 g/mol. The van der Waals surface area contributed by atoms with Gasteiger partial charge in [0.2, 0.25) is 0 Å². The Balaban J connectivity index is 1.62. The number of benzene rings is 1. The van der Waals surface area contributed by atoms with E-state index in [4.69, 9.17) is 4.74 Å². The Morgan fingerprint density at radius 3 is 2.28 bits per heavy atom. The van der Waals surface area contributed by atoms with Gasteiger partial charge < -0.3 is 4.74 Å². The summed E-state index contributed by atoms with van der Waals surface area (Å²) in [6.07, 6.45) is 12.4. The van der Waals surface area contributed by atoms with E-state index in [0.29, 0.717) is 11.8 Å². The molecule has 0 N–H and O–H groups in total. The van der Waals surface area contributed by atoms with Gasteiger partial charge in [0, 0.05) is 6.42 Å². The monoisotopic (exact) mass is 338 g/mol. The van der Waals surface area contributed by atoms with Crippen molar-refractivity contribution in [3.05, 3.63) is 54.1 Å². The van der Waals surface area contributed by atoms with Gasteiger partial charge in [-0.15, -0.1) is 0 Å². The van der Waals surface area contributed by atoms with Gasteiger partial charge in [-0.25, -0.2) is 0 Å². The highest BCUT2D eigenvalue weighted by atomic mass is 16.5. The summed E-state index contributed by atoms with van der Waals surface area (Å²) in [5.41, 5.74) is 1.94. The molecule has 1 saturated carbocycles. The number of allylic oxidation sites excluding steroid dienone is 2. The molecule has 3 rings (SSSR count). The lowest BCUT2D eigenvalue weighted by Crippen LogP contribution is -2.39. The van der Waals surface area contributed by atoms with Gasteiger partial charge in [-0.1, -0.05) is 63.3 Å². The van der Waals surface area contributed by atoms with Crippen LogP contribution in [0.15, 0.2) is 48.6 Å². The predicted molar refractivity (Wildman–Crippen MR) is 103 cm³/mol. The van der Waals surface area contributed by atoms with E-state index in [2.05, 4.69) is 39.0 Å². The zero-order valence-corrected chi connectivity index (χ0v) is 15.7. The SMILES string of the molecule is CC(C)(C)[C@H]1CC[C@H](OC2(C=O)C=CC(c3ccccc3)=CC2)CC1. The third-order valence-electron chi connectivity index (χ3n) is 5.78. The molecule has 0 amide bonds. The topological polar surface area (TPSA) is 26.3 Å². The molecule has 0 spiro atoms. The molecule has 2 heteroatoms. The molecule has 1 aromatic rings. The molecule has 0 aromatic heterocycles. The maximum atomic E-state index is 11.8. The first kappa shape index (κ1) is 18.1. The second-order valence-electron chi connectivity index (χ2n) is 8.59. The quantitative estimate of drug-likeness (QED) is 0.669. The lowest BCUT2D eigenvalue weighted by Gasteiger charge is -2.39. The normalized spacial score (nSPS) is 30.0. The van der Waals surface area contributed by atoms with E-state index in [1.807, 2.05) is 30.4 Å². The van der Waals surface area contributed by atoms with Crippen LogP contribution < -0.4 is 0 Å². The Hall–Kier alpha value is -1.67. The molecule has 2 aliphatic carbocycles. The van der Waals surface area contributed by atoms with Crippen LogP contribution in [-0.2, 0) is 9.53 Å². The number of hydrogen-bond donors (Lipinski definition) is 0. The van der Waals surface area contributed by atoms with Gasteiger partial charge >= 0.3 is 0 Å². The molecule has 1 fully saturated rings. The minimum absolute atomic E-state index is 0.195. The summed E-state index contributed by atoms with van der Waals surface area (Å²) in [5.74, 6) is 0.756. The maximum absolute atomic E-state index is 11.8. The maximum Gasteiger partial charge on any atom is 0.156 e. The molecule has 0 saturated heterocycles. The molecular formula is C23H30O2. The van der Waals surface area contributed by atoms with Crippen molar-refractivity contribution in [1.29, 1.82) is 0 Å². The van der Waals surface area contributed by atoms with Gasteiger partial charge in [-0.3, -0.25) is 4.79 Å². The minimum atomic E-state index is -0.780. The molecule has 0 heterocycles. The van der Waals surface area contributed by atoms with Crippen LogP contribution in [0, 0.1) is 11.3 Å². The van der Waals surface area contributed by atoms with Gasteiger partial charge in [-0.05, 0) is 54.2 Å². The molecule has 2 aliphatic rings. The van der Waals surface area contributed by atoms with Crippen LogP contribution in [0.2, 0.25) is 0 Å². The van der Waals surface area contributed by atoms with Gasteiger partial charge in [-0.2, -0.15) is 0 Å². The summed E-state index contributed by atoms with van der Waals surface area (Å²) in [6.45, 7) is 6.97. The first-order chi connectivity index (χ1) is 11.9. The van der Waals surface area contributed by atoms with Crippen molar-refractivity contribution in [3.8, 4) is 0 Å². The van der Waals surface area contributed by atoms with Gasteiger partial charge in [0.1, 0.15) is 5.60 Å². The van der Waals surface area contributed by atoms with Gasteiger partial charge in [0.25, 0.3) is 0 Å². The molecule has 1 atom stereocenters. The van der Waals surface area contributed by atoms with Crippen LogP contribution in [0.4, 0.5) is 0 Å². The molecule has 1 aromatic carbocycles. The van der Waals surface area contributed by atoms with Gasteiger partial charge in [0.15, 0.2) is 6.29 Å². The summed E-state index contributed by atoms with van der Waals surface area (Å²) in [5, 5.41) is 0. The van der Waals surface area contributed by atoms with Crippen molar-refractivity contribution in [2.75, 3.05) is 0 Å². The van der Waals surface area contributed by atoms with Crippen LogP contribution in [-0.4, -0.2) is 18.0 Å². The molecule has 25 heavy (non-hydrogen) atoms. The number of aldehydes is 1. The van der Waals surface area contributed by atoms with Crippen LogP contribution in [0.1, 0.15) is 58.4 Å². The number of ether oxygens (including phenoxy) is 1. The van der Waals surface area contributed by atoms with Crippen LogP contribution in [0.5, 0.6) is 0 Å². The van der Waals surface area contributed by atoms with Crippen molar-refractivity contribution in [2.45, 2.75) is 64.6 Å². The molecule has 0 aliphatic heterocycles. The number of hydrogen-bond acceptors (Lipinski definition) is 2. The Morgan fingerprint density at radius 1 is 1.08 bits per heavy atom. The third-order valence-corrected chi connectivity index (χ3v) is 5.78. The largest absolute Gasteiger partial charge is 0.360 e. The molecule has 1 unspecified atom stereocenters. The molecule has 134 valence electrons. The van der Waals surface area contributed by atoms with E-state index in [0.717, 1.165) is 30.6 Å². The molecular weight excluding hydrogens is 308 g/mol. The van der Waals surface area contributed by atoms with E-state index in [1.165, 1.54) is 18.4 Å². The number of rotatable bonds is 4. The number of carbonyl (C=O) groups excluding carboxylic acids is 1. The fraction of sp³-hybridized carbons (Fsp3) is 0.522. The van der Waals surface area contributed by atoms with E-state index in [1.54, 1.807) is 0 Å². The zero-order valence-electron chi connectivity index (χ0n) is 15.7. The smallest absolute Gasteiger partial charge is 0.156 e. The fourth-order valence-electron chi connectivity index (χ4n) is 4.04. The fourth-order valence-corrected chi connectivity index (χ4v) is 4.04. The highest BCUT2D eigenvalue weighted by molar-refractivity contribution is 5.79. The standard InChI is InChI=1S/C23H30O2/c1-22(2,3)20-9-11-21(12-10-20)25-23(17-24)15-13-19(14-16-23)18-7-5-4-6-8-18/h4-8,13-15,17,20-21H,9-12,16H2,1-3H3/t20-,21-,23?. The van der Waals surface area contributed by atoms with Crippen LogP contribution in [0.3, 0.4) is 0 Å². The third kappa shape index (κ3) is 4.30. The lowest BCUT2D eigenvalue weighted by molar-refractivity contribution is -0.135. The van der Waals surface area contributed by atoms with Crippen LogP contribution in [0.25, 0.3) is 5.57 Å². The van der Waals surface area contributed by atoms with Gasteiger partial charge in [0.05, 0.1) is 6.10 Å². The summed E-state index contributed by atoms with van der Waals surface area (Å²) < 4.78 is 6.31. The van der Waals surface area contributed by atoms with E-state index in [-0.39, 0.29) is 6.10 Å². The second kappa shape index (κ2) is 7.29. The summed E-state index contributed by atoms with van der Waals surface area (Å²) in [6, 6.07) is 10.3. The first-order valence-corrected chi connectivity index (χ1v) is 9.51. The first-order valence-electron chi connectivity index (χ1n) is 9.51. The Labute approximate surface area is 152 Å². The van der Waals surface area contributed by atoms with E-state index < -0.39 is 5.60 Å². The summed E-state index contributed by atoms with van der Waals surface area (Å²) in [7, 11) is 0. The summed E-state index contributed by atoms with van der Waals surface area (Å²) in [4.78, 5) is 11.8. The van der Waals surface area contributed by atoms with Crippen molar-refractivity contribution in [2.24, 2.45) is 11.3 Å². The number of carbonyl (C=O) groups is 1. The van der Waals surface area contributed by atoms with Crippen molar-refractivity contribution < 1.29 is 9.53 Å². The van der Waals surface area contributed by atoms with Crippen molar-refractivity contribution in [1.82, 2.24) is 0 Å². The Morgan fingerprint density at radius 2 is 1.76 bits per heavy atom. The van der Waals surface area contributed by atoms with E-state index in [9.17, 15) is 4.79 Å². The molecule has 0 bridgehead atoms. The van der Waals surface area contributed by atoms with Crippen molar-refractivity contribution >= 4 is 11.9 Å². The summed E-state index contributed by atoms with van der Waals surface area (Å²) >= 11 is 0. The lowest BCUT2D eigenvalue weighted by atomic mass is 9.72. The molecule has 2 nitrogen and oxygen atoms in total. The average Bonchev–Trinajstić information content (AvgIpc) is 2.63. The highest BCUT2D eigenvalue weighted by Gasteiger charge is 2.36. The Bertz CT molecular complexity index is 642. The van der Waals surface area contributed by atoms with E-state index >= 15 is 0 Å². The Kier molecular flexibility index (Phi) is 5.29. The second-order valence-corrected chi connectivity index (χ2v) is 8.59. The highest BCUT2D eigenvalue weighted by Crippen LogP contribution is 2.40. The van der Waals surface area contributed by atoms with Crippen LogP contribution >= 0.6 is 0 Å². The zero-order chi connectivity index (χ0) is 17.9. The predicted octanol–water partition coefficient (Wildman–Crippen LogP) is 5.59. The van der Waals surface area contributed by atoms with Crippen molar-refractivity contribution in [3.63, 3.8) is 0 Å². The minimum Gasteiger partial charge on any atom is -0.360 e. The molecule has 0 radical (unpaired) electrons.